The molecule has 0 amide bonds. The van der Waals surface area contributed by atoms with E-state index in [0.717, 1.165) is 12.3 Å². The molecule has 0 unspecified atom stereocenters. The van der Waals surface area contributed by atoms with E-state index >= 15 is 0 Å². The summed E-state index contributed by atoms with van der Waals surface area (Å²) in [6.45, 7) is 19.6. The SMILES string of the molecule is CC.CC.CC(C)C.CC(C)C1=CCC(CN)=C1. The van der Waals surface area contributed by atoms with Crippen molar-refractivity contribution in [1.29, 1.82) is 0 Å². The molecule has 0 aromatic heterocycles. The quantitative estimate of drug-likeness (QED) is 0.685. The van der Waals surface area contributed by atoms with Crippen LogP contribution in [0, 0.1) is 11.8 Å². The molecule has 110 valence electrons. The minimum absolute atomic E-state index is 0.657. The monoisotopic (exact) mass is 255 g/mol. The summed E-state index contributed by atoms with van der Waals surface area (Å²) >= 11 is 0. The summed E-state index contributed by atoms with van der Waals surface area (Å²) < 4.78 is 0. The first-order valence-corrected chi connectivity index (χ1v) is 7.57. The molecule has 0 radical (unpaired) electrons. The average Bonchev–Trinajstić information content (AvgIpc) is 2.82. The van der Waals surface area contributed by atoms with Gasteiger partial charge in [0.15, 0.2) is 0 Å². The molecule has 0 aliphatic heterocycles. The fourth-order valence-corrected chi connectivity index (χ4v) is 1.15. The summed E-state index contributed by atoms with van der Waals surface area (Å²) in [6.07, 6.45) is 5.57. The van der Waals surface area contributed by atoms with E-state index in [1.165, 1.54) is 11.1 Å². The van der Waals surface area contributed by atoms with Crippen molar-refractivity contribution in [3.05, 3.63) is 23.3 Å². The number of rotatable bonds is 2. The van der Waals surface area contributed by atoms with Crippen molar-refractivity contribution in [3.8, 4) is 0 Å². The van der Waals surface area contributed by atoms with Crippen molar-refractivity contribution >= 4 is 0 Å². The smallest absolute Gasteiger partial charge is 0.0143 e. The van der Waals surface area contributed by atoms with Crippen LogP contribution >= 0.6 is 0 Å². The van der Waals surface area contributed by atoms with Crippen LogP contribution in [0.3, 0.4) is 0 Å². The minimum atomic E-state index is 0.657. The van der Waals surface area contributed by atoms with Crippen LogP contribution in [0.15, 0.2) is 23.3 Å². The second-order valence-electron chi connectivity index (χ2n) is 4.80. The lowest BCUT2D eigenvalue weighted by Gasteiger charge is -2.00. The van der Waals surface area contributed by atoms with Gasteiger partial charge < -0.3 is 5.73 Å². The third-order valence-electron chi connectivity index (χ3n) is 1.90. The van der Waals surface area contributed by atoms with Crippen molar-refractivity contribution in [2.45, 2.75) is 68.7 Å². The predicted molar refractivity (Wildman–Crippen MR) is 87.9 cm³/mol. The molecular formula is C17H37N. The molecule has 0 bridgehead atoms. The average molecular weight is 255 g/mol. The van der Waals surface area contributed by atoms with E-state index in [0.29, 0.717) is 12.5 Å². The number of hydrogen-bond acceptors (Lipinski definition) is 1. The van der Waals surface area contributed by atoms with Gasteiger partial charge in [-0.1, -0.05) is 80.0 Å². The summed E-state index contributed by atoms with van der Waals surface area (Å²) in [6, 6.07) is 0. The second kappa shape index (κ2) is 16.4. The molecule has 0 aromatic carbocycles. The van der Waals surface area contributed by atoms with Gasteiger partial charge in [-0.2, -0.15) is 0 Å². The summed E-state index contributed by atoms with van der Waals surface area (Å²) in [5.41, 5.74) is 8.30. The number of allylic oxidation sites excluding steroid dienone is 3. The Balaban J connectivity index is -0.000000238. The highest BCUT2D eigenvalue weighted by Crippen LogP contribution is 2.22. The van der Waals surface area contributed by atoms with Crippen LogP contribution in [0.5, 0.6) is 0 Å². The molecule has 0 saturated heterocycles. The molecule has 1 rings (SSSR count). The molecule has 0 saturated carbocycles. The van der Waals surface area contributed by atoms with Gasteiger partial charge in [-0.15, -0.1) is 0 Å². The van der Waals surface area contributed by atoms with Crippen molar-refractivity contribution in [2.24, 2.45) is 17.6 Å². The Morgan fingerprint density at radius 3 is 1.56 bits per heavy atom. The van der Waals surface area contributed by atoms with Crippen LogP contribution in [0.2, 0.25) is 0 Å². The Morgan fingerprint density at radius 2 is 1.39 bits per heavy atom. The molecular weight excluding hydrogens is 218 g/mol. The van der Waals surface area contributed by atoms with Crippen LogP contribution in [0.1, 0.15) is 68.7 Å². The zero-order chi connectivity index (χ0) is 15.1. The predicted octanol–water partition coefficient (Wildman–Crippen LogP) is 5.57. The van der Waals surface area contributed by atoms with E-state index in [4.69, 9.17) is 5.73 Å². The Bertz CT molecular complexity index is 207. The summed E-state index contributed by atoms with van der Waals surface area (Å²) in [5.74, 6) is 1.49. The van der Waals surface area contributed by atoms with Gasteiger partial charge >= 0.3 is 0 Å². The minimum Gasteiger partial charge on any atom is -0.327 e. The maximum atomic E-state index is 5.49. The van der Waals surface area contributed by atoms with Gasteiger partial charge in [-0.05, 0) is 23.8 Å². The maximum absolute atomic E-state index is 5.49. The fraction of sp³-hybridized carbons (Fsp3) is 0.765. The largest absolute Gasteiger partial charge is 0.327 e. The number of hydrogen-bond donors (Lipinski definition) is 1. The third kappa shape index (κ3) is 15.4. The molecule has 1 heteroatoms. The molecule has 0 fully saturated rings. The van der Waals surface area contributed by atoms with Crippen molar-refractivity contribution in [2.75, 3.05) is 6.54 Å². The fourth-order valence-electron chi connectivity index (χ4n) is 1.15. The molecule has 18 heavy (non-hydrogen) atoms. The number of nitrogens with two attached hydrogens (primary N) is 1. The highest BCUT2D eigenvalue weighted by atomic mass is 14.5. The molecule has 0 atom stereocenters. The van der Waals surface area contributed by atoms with E-state index in [2.05, 4.69) is 46.8 Å². The molecule has 2 N–H and O–H groups in total. The van der Waals surface area contributed by atoms with Gasteiger partial charge in [-0.3, -0.25) is 0 Å². The summed E-state index contributed by atoms with van der Waals surface area (Å²) in [7, 11) is 0. The van der Waals surface area contributed by atoms with Crippen LogP contribution in [0.25, 0.3) is 0 Å². The van der Waals surface area contributed by atoms with Gasteiger partial charge in [0, 0.05) is 6.54 Å². The standard InChI is InChI=1S/C9H15N.C4H10.2C2H6/c1-7(2)9-4-3-8(5-9)6-10;1-4(2)3;2*1-2/h4-5,7H,3,6,10H2,1-2H3;4H,1-3H3;2*1-2H3. The van der Waals surface area contributed by atoms with E-state index in [9.17, 15) is 0 Å². The Kier molecular flexibility index (Phi) is 20.6. The normalized spacial score (nSPS) is 12.4. The van der Waals surface area contributed by atoms with Gasteiger partial charge in [0.2, 0.25) is 0 Å². The lowest BCUT2D eigenvalue weighted by Crippen LogP contribution is -2.00. The third-order valence-corrected chi connectivity index (χ3v) is 1.90. The Hall–Kier alpha value is -0.560. The first-order chi connectivity index (χ1) is 8.47. The Morgan fingerprint density at radius 1 is 1.00 bits per heavy atom. The van der Waals surface area contributed by atoms with E-state index in [1.54, 1.807) is 0 Å². The topological polar surface area (TPSA) is 26.0 Å². The van der Waals surface area contributed by atoms with E-state index in [-0.39, 0.29) is 0 Å². The molecule has 1 aliphatic carbocycles. The highest BCUT2D eigenvalue weighted by Gasteiger charge is 2.07. The molecule has 1 aliphatic rings. The van der Waals surface area contributed by atoms with Crippen LogP contribution in [-0.2, 0) is 0 Å². The first-order valence-electron chi connectivity index (χ1n) is 7.57. The van der Waals surface area contributed by atoms with Gasteiger partial charge in [0.05, 0.1) is 0 Å². The van der Waals surface area contributed by atoms with Gasteiger partial charge in [0.1, 0.15) is 0 Å². The lowest BCUT2D eigenvalue weighted by molar-refractivity contribution is 0.737. The van der Waals surface area contributed by atoms with Crippen LogP contribution < -0.4 is 5.73 Å². The van der Waals surface area contributed by atoms with Crippen molar-refractivity contribution in [1.82, 2.24) is 0 Å². The molecule has 1 nitrogen and oxygen atoms in total. The first kappa shape index (κ1) is 22.6. The summed E-state index contributed by atoms with van der Waals surface area (Å²) in [5, 5.41) is 0. The van der Waals surface area contributed by atoms with Gasteiger partial charge in [-0.25, -0.2) is 0 Å². The highest BCUT2D eigenvalue weighted by molar-refractivity contribution is 5.34. The zero-order valence-electron chi connectivity index (χ0n) is 14.3. The molecule has 0 spiro atoms. The lowest BCUT2D eigenvalue weighted by atomic mass is 10.1. The molecule has 0 heterocycles. The zero-order valence-corrected chi connectivity index (χ0v) is 14.3. The Labute approximate surface area is 117 Å². The second-order valence-corrected chi connectivity index (χ2v) is 4.80. The summed E-state index contributed by atoms with van der Waals surface area (Å²) in [4.78, 5) is 0. The van der Waals surface area contributed by atoms with Gasteiger partial charge in [0.25, 0.3) is 0 Å². The van der Waals surface area contributed by atoms with Crippen molar-refractivity contribution in [3.63, 3.8) is 0 Å². The van der Waals surface area contributed by atoms with E-state index in [1.807, 2.05) is 27.7 Å². The van der Waals surface area contributed by atoms with E-state index < -0.39 is 0 Å². The van der Waals surface area contributed by atoms with Crippen molar-refractivity contribution < 1.29 is 0 Å². The maximum Gasteiger partial charge on any atom is 0.0143 e. The molecule has 0 aromatic rings. The van der Waals surface area contributed by atoms with Crippen LogP contribution in [0.4, 0.5) is 0 Å². The van der Waals surface area contributed by atoms with Crippen LogP contribution in [-0.4, -0.2) is 6.54 Å².